The summed E-state index contributed by atoms with van der Waals surface area (Å²) in [6, 6.07) is 11.5. The van der Waals surface area contributed by atoms with Crippen LogP contribution >= 0.6 is 0 Å². The number of hydrogen-bond donors (Lipinski definition) is 3. The highest BCUT2D eigenvalue weighted by atomic mass is 19.4. The molecule has 9 nitrogen and oxygen atoms in total. The average Bonchev–Trinajstić information content (AvgIpc) is 2.98. The Morgan fingerprint density at radius 3 is 1.95 bits per heavy atom. The largest absolute Gasteiger partial charge is 0.418 e. The molecule has 2 fully saturated rings. The van der Waals surface area contributed by atoms with Gasteiger partial charge in [-0.25, -0.2) is 0 Å². The first kappa shape index (κ1) is 28.6. The molecule has 3 aromatic rings. The number of carbonyl (C=O) groups is 1. The fourth-order valence-electron chi connectivity index (χ4n) is 5.13. The highest BCUT2D eigenvalue weighted by Gasteiger charge is 2.33. The van der Waals surface area contributed by atoms with Gasteiger partial charge in [0.1, 0.15) is 0 Å². The number of rotatable bonds is 8. The molecule has 1 amide bonds. The summed E-state index contributed by atoms with van der Waals surface area (Å²) in [5, 5.41) is 16.1. The summed E-state index contributed by atoms with van der Waals surface area (Å²) in [5.41, 5.74) is -0.149. The maximum atomic E-state index is 13.2. The van der Waals surface area contributed by atoms with Gasteiger partial charge in [0, 0.05) is 31.9 Å². The van der Waals surface area contributed by atoms with E-state index in [1.54, 1.807) is 24.3 Å². The van der Waals surface area contributed by atoms with E-state index in [1.807, 2.05) is 0 Å². The molecular weight excluding hydrogens is 535 g/mol. The smallest absolute Gasteiger partial charge is 0.388 e. The van der Waals surface area contributed by atoms with Crippen molar-refractivity contribution >= 4 is 35.1 Å². The van der Waals surface area contributed by atoms with Crippen LogP contribution in [0.3, 0.4) is 0 Å². The van der Waals surface area contributed by atoms with Crippen LogP contribution in [0.2, 0.25) is 0 Å². The molecule has 41 heavy (non-hydrogen) atoms. The number of benzene rings is 2. The number of amides is 1. The third kappa shape index (κ3) is 7.43. The maximum absolute atomic E-state index is 13.2. The predicted octanol–water partition coefficient (Wildman–Crippen LogP) is 5.68. The lowest BCUT2D eigenvalue weighted by Crippen LogP contribution is -2.34. The number of piperidine rings is 2. The van der Waals surface area contributed by atoms with Crippen LogP contribution in [0, 0.1) is 0 Å². The first-order valence-corrected chi connectivity index (χ1v) is 14.0. The van der Waals surface area contributed by atoms with Crippen molar-refractivity contribution < 1.29 is 23.1 Å². The van der Waals surface area contributed by atoms with E-state index < -0.39 is 30.2 Å². The molecule has 3 heterocycles. The van der Waals surface area contributed by atoms with Gasteiger partial charge in [0.2, 0.25) is 23.8 Å². The van der Waals surface area contributed by atoms with Gasteiger partial charge in [0.25, 0.3) is 0 Å². The first-order valence-electron chi connectivity index (χ1n) is 14.0. The minimum Gasteiger partial charge on any atom is -0.388 e. The molecule has 218 valence electrons. The minimum atomic E-state index is -4.60. The van der Waals surface area contributed by atoms with Crippen LogP contribution in [0.5, 0.6) is 0 Å². The van der Waals surface area contributed by atoms with Crippen molar-refractivity contribution in [1.82, 2.24) is 15.0 Å². The third-order valence-corrected chi connectivity index (χ3v) is 7.33. The number of aliphatic hydroxyl groups is 1. The SMILES string of the molecule is O=C(CC(O)c1ccc(Nc2nc(N3CCCCC3)nc(N3CCCCC3)n2)cc1)Nc1ccccc1C(F)(F)F. The number of halogens is 3. The second-order valence-corrected chi connectivity index (χ2v) is 10.4. The molecular formula is C29H34F3N7O2. The predicted molar refractivity (Wildman–Crippen MR) is 151 cm³/mol. The lowest BCUT2D eigenvalue weighted by atomic mass is 10.1. The lowest BCUT2D eigenvalue weighted by Gasteiger charge is -2.30. The van der Waals surface area contributed by atoms with E-state index in [4.69, 9.17) is 15.0 Å². The zero-order valence-corrected chi connectivity index (χ0v) is 22.7. The van der Waals surface area contributed by atoms with E-state index in [9.17, 15) is 23.1 Å². The van der Waals surface area contributed by atoms with E-state index in [-0.39, 0.29) is 5.69 Å². The van der Waals surface area contributed by atoms with Gasteiger partial charge in [-0.2, -0.15) is 28.1 Å². The second kappa shape index (κ2) is 12.7. The molecule has 0 aliphatic carbocycles. The van der Waals surface area contributed by atoms with Gasteiger partial charge < -0.3 is 25.5 Å². The highest BCUT2D eigenvalue weighted by Crippen LogP contribution is 2.35. The summed E-state index contributed by atoms with van der Waals surface area (Å²) in [5.74, 6) is 1.02. The Balaban J connectivity index is 1.26. The van der Waals surface area contributed by atoms with E-state index in [0.29, 0.717) is 29.1 Å². The van der Waals surface area contributed by atoms with Gasteiger partial charge >= 0.3 is 6.18 Å². The molecule has 12 heteroatoms. The Kier molecular flexibility index (Phi) is 8.87. The molecule has 1 aromatic heterocycles. The number of carbonyl (C=O) groups excluding carboxylic acids is 1. The van der Waals surface area contributed by atoms with Gasteiger partial charge in [-0.1, -0.05) is 24.3 Å². The van der Waals surface area contributed by atoms with Crippen molar-refractivity contribution in [3.8, 4) is 0 Å². The van der Waals surface area contributed by atoms with Gasteiger partial charge in [0.15, 0.2) is 0 Å². The van der Waals surface area contributed by atoms with Crippen molar-refractivity contribution in [2.45, 2.75) is 57.2 Å². The Labute approximate surface area is 236 Å². The molecule has 2 aliphatic heterocycles. The molecule has 2 aromatic carbocycles. The third-order valence-electron chi connectivity index (χ3n) is 7.33. The van der Waals surface area contributed by atoms with Crippen LogP contribution in [0.25, 0.3) is 0 Å². The monoisotopic (exact) mass is 569 g/mol. The summed E-state index contributed by atoms with van der Waals surface area (Å²) in [6.45, 7) is 3.63. The topological polar surface area (TPSA) is 107 Å². The fraction of sp³-hybridized carbons (Fsp3) is 0.448. The molecule has 1 atom stereocenters. The standard InChI is InChI=1S/C29H34F3N7O2/c30-29(31,32)22-9-3-4-10-23(22)34-25(41)19-24(40)20-11-13-21(14-12-20)33-26-35-27(38-15-5-1-6-16-38)37-28(36-26)39-17-7-2-8-18-39/h3-4,9-14,24,40H,1-2,5-8,15-19H2,(H,34,41)(H,33,35,36,37). The first-order chi connectivity index (χ1) is 19.8. The van der Waals surface area contributed by atoms with E-state index in [0.717, 1.165) is 57.9 Å². The Hall–Kier alpha value is -3.93. The van der Waals surface area contributed by atoms with Crippen molar-refractivity contribution in [2.75, 3.05) is 46.6 Å². The summed E-state index contributed by atoms with van der Waals surface area (Å²) in [6.07, 6.45) is 0.606. The van der Waals surface area contributed by atoms with Crippen LogP contribution < -0.4 is 20.4 Å². The van der Waals surface area contributed by atoms with Crippen LogP contribution in [0.4, 0.5) is 42.4 Å². The van der Waals surface area contributed by atoms with Crippen molar-refractivity contribution in [3.63, 3.8) is 0 Å². The van der Waals surface area contributed by atoms with Gasteiger partial charge in [-0.05, 0) is 68.4 Å². The molecule has 0 spiro atoms. The molecule has 0 radical (unpaired) electrons. The molecule has 0 bridgehead atoms. The summed E-state index contributed by atoms with van der Waals surface area (Å²) in [7, 11) is 0. The second-order valence-electron chi connectivity index (χ2n) is 10.4. The molecule has 1 unspecified atom stereocenters. The van der Waals surface area contributed by atoms with Crippen molar-refractivity contribution in [1.29, 1.82) is 0 Å². The van der Waals surface area contributed by atoms with Gasteiger partial charge in [0.05, 0.1) is 23.8 Å². The number of nitrogens with one attached hydrogen (secondary N) is 2. The fourth-order valence-corrected chi connectivity index (χ4v) is 5.13. The molecule has 0 saturated carbocycles. The van der Waals surface area contributed by atoms with Crippen LogP contribution in [0.1, 0.15) is 62.2 Å². The molecule has 3 N–H and O–H groups in total. The number of nitrogens with zero attached hydrogens (tertiary/aromatic N) is 5. The summed E-state index contributed by atoms with van der Waals surface area (Å²) < 4.78 is 39.7. The van der Waals surface area contributed by atoms with Crippen molar-refractivity contribution in [2.24, 2.45) is 0 Å². The Morgan fingerprint density at radius 2 is 1.39 bits per heavy atom. The summed E-state index contributed by atoms with van der Waals surface area (Å²) >= 11 is 0. The lowest BCUT2D eigenvalue weighted by molar-refractivity contribution is -0.137. The minimum absolute atomic E-state index is 0.345. The quantitative estimate of drug-likeness (QED) is 0.318. The van der Waals surface area contributed by atoms with E-state index in [1.165, 1.54) is 31.0 Å². The number of hydrogen-bond acceptors (Lipinski definition) is 8. The zero-order chi connectivity index (χ0) is 28.8. The van der Waals surface area contributed by atoms with Gasteiger partial charge in [-0.15, -0.1) is 0 Å². The zero-order valence-electron chi connectivity index (χ0n) is 22.7. The maximum Gasteiger partial charge on any atom is 0.418 e. The number of para-hydroxylation sites is 1. The molecule has 2 saturated heterocycles. The normalized spacial score (nSPS) is 16.8. The van der Waals surface area contributed by atoms with Crippen LogP contribution in [0.15, 0.2) is 48.5 Å². The molecule has 2 aliphatic rings. The number of aromatic nitrogens is 3. The Bertz CT molecular complexity index is 1290. The number of aliphatic hydroxyl groups excluding tert-OH is 1. The molecule has 5 rings (SSSR count). The number of anilines is 5. The van der Waals surface area contributed by atoms with Crippen LogP contribution in [-0.4, -0.2) is 52.1 Å². The van der Waals surface area contributed by atoms with E-state index in [2.05, 4.69) is 20.4 Å². The van der Waals surface area contributed by atoms with Crippen molar-refractivity contribution in [3.05, 3.63) is 59.7 Å². The van der Waals surface area contributed by atoms with Gasteiger partial charge in [-0.3, -0.25) is 4.79 Å². The van der Waals surface area contributed by atoms with Crippen LogP contribution in [-0.2, 0) is 11.0 Å². The Morgan fingerprint density at radius 1 is 0.829 bits per heavy atom. The van der Waals surface area contributed by atoms with E-state index >= 15 is 0 Å². The highest BCUT2D eigenvalue weighted by molar-refractivity contribution is 5.92. The number of alkyl halides is 3. The summed E-state index contributed by atoms with van der Waals surface area (Å²) in [4.78, 5) is 31.0. The average molecular weight is 570 g/mol.